The highest BCUT2D eigenvalue weighted by Crippen LogP contribution is 2.53. The van der Waals surface area contributed by atoms with Crippen LogP contribution in [0.25, 0.3) is 22.2 Å². The third-order valence-corrected chi connectivity index (χ3v) is 5.48. The van der Waals surface area contributed by atoms with Gasteiger partial charge in [0.2, 0.25) is 0 Å². The molecule has 0 bridgehead atoms. The molecule has 1 spiro atoms. The van der Waals surface area contributed by atoms with Crippen molar-refractivity contribution in [3.8, 4) is 17.0 Å². The smallest absolute Gasteiger partial charge is 0.128 e. The summed E-state index contributed by atoms with van der Waals surface area (Å²) in [6.45, 7) is 0. The second kappa shape index (κ2) is 4.60. The summed E-state index contributed by atoms with van der Waals surface area (Å²) < 4.78 is 5.67. The zero-order valence-electron chi connectivity index (χ0n) is 13.5. The standard InChI is InChI=1S/C19H18N4O/c1-24-17-8-13-16(23-18(20)19(13)4-2-5-19)7-12(17)15-9-14-11(10-22-15)3-6-21-14/h3,6-10,21H,2,4-5H2,1H3,(H2,20,23). The second-order valence-electron chi connectivity index (χ2n) is 6.64. The summed E-state index contributed by atoms with van der Waals surface area (Å²) in [6.07, 6.45) is 7.14. The van der Waals surface area contributed by atoms with Crippen molar-refractivity contribution >= 4 is 22.4 Å². The van der Waals surface area contributed by atoms with Crippen molar-refractivity contribution in [2.24, 2.45) is 10.7 Å². The molecule has 5 rings (SSSR count). The lowest BCUT2D eigenvalue weighted by Gasteiger charge is -2.39. The summed E-state index contributed by atoms with van der Waals surface area (Å²) in [5, 5.41) is 1.09. The molecule has 2 aromatic heterocycles. The number of nitrogens with one attached hydrogen (secondary N) is 1. The van der Waals surface area contributed by atoms with Crippen LogP contribution >= 0.6 is 0 Å². The number of nitrogens with zero attached hydrogens (tertiary/aromatic N) is 2. The van der Waals surface area contributed by atoms with E-state index in [4.69, 9.17) is 10.5 Å². The Kier molecular flexibility index (Phi) is 2.61. The monoisotopic (exact) mass is 318 g/mol. The molecule has 120 valence electrons. The van der Waals surface area contributed by atoms with E-state index < -0.39 is 0 Å². The molecule has 0 atom stereocenters. The molecule has 1 aliphatic carbocycles. The van der Waals surface area contributed by atoms with E-state index in [1.165, 1.54) is 12.0 Å². The van der Waals surface area contributed by atoms with Crippen molar-refractivity contribution in [2.75, 3.05) is 7.11 Å². The fourth-order valence-electron chi connectivity index (χ4n) is 3.94. The highest BCUT2D eigenvalue weighted by Gasteiger charge is 2.47. The number of pyridine rings is 1. The van der Waals surface area contributed by atoms with Gasteiger partial charge in [0.15, 0.2) is 0 Å². The quantitative estimate of drug-likeness (QED) is 0.757. The first-order valence-electron chi connectivity index (χ1n) is 8.22. The second-order valence-corrected chi connectivity index (χ2v) is 6.64. The van der Waals surface area contributed by atoms with Crippen LogP contribution in [0, 0.1) is 0 Å². The highest BCUT2D eigenvalue weighted by molar-refractivity contribution is 6.01. The number of nitrogens with two attached hydrogens (primary N) is 1. The van der Waals surface area contributed by atoms with Crippen LogP contribution in [0.2, 0.25) is 0 Å². The van der Waals surface area contributed by atoms with Crippen molar-refractivity contribution in [3.63, 3.8) is 0 Å². The Balaban J connectivity index is 1.71. The fourth-order valence-corrected chi connectivity index (χ4v) is 3.94. The molecular formula is C19H18N4O. The number of aliphatic imine (C=N–C) groups is 1. The number of aromatic nitrogens is 2. The fraction of sp³-hybridized carbons (Fsp3) is 0.263. The lowest BCUT2D eigenvalue weighted by molar-refractivity contribution is 0.342. The molecule has 0 saturated heterocycles. The average Bonchev–Trinajstić information content (AvgIpc) is 3.12. The number of benzene rings is 1. The van der Waals surface area contributed by atoms with Crippen LogP contribution in [0.4, 0.5) is 5.69 Å². The Morgan fingerprint density at radius 1 is 1.25 bits per heavy atom. The number of aromatic amines is 1. The van der Waals surface area contributed by atoms with Crippen LogP contribution < -0.4 is 10.5 Å². The largest absolute Gasteiger partial charge is 0.496 e. The number of amidine groups is 1. The van der Waals surface area contributed by atoms with Crippen LogP contribution in [0.1, 0.15) is 24.8 Å². The van der Waals surface area contributed by atoms with Gasteiger partial charge in [-0.3, -0.25) is 4.98 Å². The molecule has 3 N–H and O–H groups in total. The predicted octanol–water partition coefficient (Wildman–Crippen LogP) is 3.66. The van der Waals surface area contributed by atoms with Gasteiger partial charge in [-0.25, -0.2) is 4.99 Å². The Bertz CT molecular complexity index is 998. The van der Waals surface area contributed by atoms with Gasteiger partial charge in [-0.2, -0.15) is 0 Å². The van der Waals surface area contributed by atoms with Gasteiger partial charge in [0.1, 0.15) is 11.6 Å². The topological polar surface area (TPSA) is 76.3 Å². The SMILES string of the molecule is COc1cc2c(cc1-c1cc3[nH]ccc3cn1)N=C(N)C21CCC1. The lowest BCUT2D eigenvalue weighted by atomic mass is 9.64. The summed E-state index contributed by atoms with van der Waals surface area (Å²) in [6, 6.07) is 8.22. The van der Waals surface area contributed by atoms with Crippen LogP contribution in [-0.2, 0) is 5.41 Å². The minimum atomic E-state index is -0.0576. The van der Waals surface area contributed by atoms with E-state index >= 15 is 0 Å². The molecule has 5 nitrogen and oxygen atoms in total. The molecule has 24 heavy (non-hydrogen) atoms. The first-order valence-corrected chi connectivity index (χ1v) is 8.22. The van der Waals surface area contributed by atoms with Crippen molar-refractivity contribution < 1.29 is 4.74 Å². The maximum absolute atomic E-state index is 6.25. The molecular weight excluding hydrogens is 300 g/mol. The molecule has 0 radical (unpaired) electrons. The third-order valence-electron chi connectivity index (χ3n) is 5.48. The zero-order chi connectivity index (χ0) is 16.3. The van der Waals surface area contributed by atoms with Gasteiger partial charge in [-0.1, -0.05) is 6.42 Å². The summed E-state index contributed by atoms with van der Waals surface area (Å²) in [5.41, 5.74) is 11.2. The molecule has 0 unspecified atom stereocenters. The third kappa shape index (κ3) is 1.64. The number of hydrogen-bond acceptors (Lipinski definition) is 4. The van der Waals surface area contributed by atoms with E-state index in [0.29, 0.717) is 0 Å². The Labute approximate surface area is 139 Å². The molecule has 5 heteroatoms. The van der Waals surface area contributed by atoms with Crippen LogP contribution in [-0.4, -0.2) is 22.9 Å². The molecule has 1 saturated carbocycles. The first-order chi connectivity index (χ1) is 11.7. The van der Waals surface area contributed by atoms with Gasteiger partial charge in [-0.05, 0) is 42.7 Å². The van der Waals surface area contributed by atoms with Crippen molar-refractivity contribution in [2.45, 2.75) is 24.7 Å². The lowest BCUT2D eigenvalue weighted by Crippen LogP contribution is -2.44. The molecule has 1 fully saturated rings. The Morgan fingerprint density at radius 2 is 2.12 bits per heavy atom. The number of H-pyrrole nitrogens is 1. The van der Waals surface area contributed by atoms with E-state index in [9.17, 15) is 0 Å². The van der Waals surface area contributed by atoms with Crippen LogP contribution in [0.15, 0.2) is 41.7 Å². The summed E-state index contributed by atoms with van der Waals surface area (Å²) in [4.78, 5) is 12.5. The molecule has 2 aliphatic rings. The van der Waals surface area contributed by atoms with E-state index in [1.54, 1.807) is 7.11 Å². The molecule has 1 aliphatic heterocycles. The summed E-state index contributed by atoms with van der Waals surface area (Å²) in [5.74, 6) is 1.57. The van der Waals surface area contributed by atoms with E-state index in [0.717, 1.165) is 52.3 Å². The number of hydrogen-bond donors (Lipinski definition) is 2. The minimum absolute atomic E-state index is 0.0576. The van der Waals surface area contributed by atoms with Gasteiger partial charge < -0.3 is 15.5 Å². The molecule has 1 aromatic carbocycles. The van der Waals surface area contributed by atoms with E-state index in [1.807, 2.05) is 24.5 Å². The van der Waals surface area contributed by atoms with Crippen LogP contribution in [0.5, 0.6) is 5.75 Å². The maximum atomic E-state index is 6.25. The number of rotatable bonds is 2. The number of ether oxygens (including phenoxy) is 1. The first kappa shape index (κ1) is 13.6. The molecule has 0 amide bonds. The Hall–Kier alpha value is -2.82. The number of methoxy groups -OCH3 is 1. The van der Waals surface area contributed by atoms with Crippen molar-refractivity contribution in [1.82, 2.24) is 9.97 Å². The number of fused-ring (bicyclic) bond motifs is 3. The minimum Gasteiger partial charge on any atom is -0.496 e. The van der Waals surface area contributed by atoms with Crippen LogP contribution in [0.3, 0.4) is 0 Å². The normalized spacial score (nSPS) is 17.6. The average molecular weight is 318 g/mol. The highest BCUT2D eigenvalue weighted by atomic mass is 16.5. The molecule has 3 aromatic rings. The van der Waals surface area contributed by atoms with Crippen molar-refractivity contribution in [3.05, 3.63) is 42.2 Å². The van der Waals surface area contributed by atoms with Gasteiger partial charge in [-0.15, -0.1) is 0 Å². The van der Waals surface area contributed by atoms with Gasteiger partial charge >= 0.3 is 0 Å². The van der Waals surface area contributed by atoms with Crippen molar-refractivity contribution in [1.29, 1.82) is 0 Å². The van der Waals surface area contributed by atoms with E-state index in [-0.39, 0.29) is 5.41 Å². The zero-order valence-corrected chi connectivity index (χ0v) is 13.5. The summed E-state index contributed by atoms with van der Waals surface area (Å²) in [7, 11) is 1.70. The van der Waals surface area contributed by atoms with Gasteiger partial charge in [0.25, 0.3) is 0 Å². The van der Waals surface area contributed by atoms with Gasteiger partial charge in [0.05, 0.1) is 23.9 Å². The molecule has 3 heterocycles. The van der Waals surface area contributed by atoms with E-state index in [2.05, 4.69) is 27.1 Å². The maximum Gasteiger partial charge on any atom is 0.128 e. The Morgan fingerprint density at radius 3 is 2.88 bits per heavy atom. The summed E-state index contributed by atoms with van der Waals surface area (Å²) >= 11 is 0. The predicted molar refractivity (Wildman–Crippen MR) is 94.9 cm³/mol. The van der Waals surface area contributed by atoms with Gasteiger partial charge in [0, 0.05) is 28.9 Å².